The molecule has 1 spiro atoms. The Balaban J connectivity index is 1.23. The number of ether oxygens (including phenoxy) is 1. The molecule has 3 heterocycles. The van der Waals surface area contributed by atoms with Crippen molar-refractivity contribution in [2.24, 2.45) is 5.41 Å². The molecule has 8 nitrogen and oxygen atoms in total. The molecule has 2 aliphatic rings. The Labute approximate surface area is 269 Å². The van der Waals surface area contributed by atoms with Crippen LogP contribution in [0.4, 0.5) is 10.2 Å². The summed E-state index contributed by atoms with van der Waals surface area (Å²) in [5, 5.41) is 0. The molecular formula is C37H40FN5O3. The third kappa shape index (κ3) is 7.70. The quantitative estimate of drug-likeness (QED) is 0.281. The summed E-state index contributed by atoms with van der Waals surface area (Å²) in [6.45, 7) is 4.07. The fraction of sp³-hybridized carbons (Fsp3) is 0.351. The molecule has 0 unspecified atom stereocenters. The summed E-state index contributed by atoms with van der Waals surface area (Å²) >= 11 is 0. The fourth-order valence-electron chi connectivity index (χ4n) is 6.49. The third-order valence-electron chi connectivity index (χ3n) is 9.25. The lowest BCUT2D eigenvalue weighted by atomic mass is 9.75. The molecule has 3 aromatic carbocycles. The summed E-state index contributed by atoms with van der Waals surface area (Å²) in [4.78, 5) is 42.3. The Hall–Kier alpha value is -4.79. The number of carbonyl (C=O) groups is 2. The van der Waals surface area contributed by atoms with E-state index in [-0.39, 0.29) is 29.5 Å². The number of carbonyl (C=O) groups excluding carboxylic acids is 2. The van der Waals surface area contributed by atoms with Crippen LogP contribution in [0.15, 0.2) is 97.5 Å². The highest BCUT2D eigenvalue weighted by Crippen LogP contribution is 2.38. The average Bonchev–Trinajstić information content (AvgIpc) is 3.10. The van der Waals surface area contributed by atoms with Crippen LogP contribution in [0.1, 0.15) is 47.2 Å². The highest BCUT2D eigenvalue weighted by Gasteiger charge is 2.37. The van der Waals surface area contributed by atoms with E-state index in [4.69, 9.17) is 4.74 Å². The number of rotatable bonds is 5. The summed E-state index contributed by atoms with van der Waals surface area (Å²) in [6, 6.07) is 23.7. The molecule has 0 saturated carbocycles. The summed E-state index contributed by atoms with van der Waals surface area (Å²) in [5.74, 6) is 1.05. The molecule has 0 radical (unpaired) electrons. The minimum Gasteiger partial charge on any atom is -0.492 e. The summed E-state index contributed by atoms with van der Waals surface area (Å²) in [6.07, 6.45) is 8.81. The van der Waals surface area contributed by atoms with Crippen molar-refractivity contribution in [3.8, 4) is 5.75 Å². The summed E-state index contributed by atoms with van der Waals surface area (Å²) < 4.78 is 19.9. The van der Waals surface area contributed by atoms with Gasteiger partial charge in [-0.3, -0.25) is 14.6 Å². The monoisotopic (exact) mass is 621 g/mol. The topological polar surface area (TPSA) is 78.9 Å². The molecule has 6 rings (SSSR count). The molecule has 1 aromatic heterocycles. The molecule has 1 saturated heterocycles. The first-order chi connectivity index (χ1) is 22.5. The normalized spacial score (nSPS) is 17.3. The lowest BCUT2D eigenvalue weighted by Gasteiger charge is -2.42. The Morgan fingerprint density at radius 2 is 1.59 bits per heavy atom. The zero-order valence-corrected chi connectivity index (χ0v) is 26.1. The van der Waals surface area contributed by atoms with Crippen molar-refractivity contribution in [2.75, 3.05) is 44.2 Å². The van der Waals surface area contributed by atoms with Crippen molar-refractivity contribution in [2.45, 2.75) is 38.6 Å². The number of amides is 2. The maximum atomic E-state index is 14.2. The number of likely N-dealkylation sites (tertiary alicyclic amines) is 1. The molecule has 0 bridgehead atoms. The molecular weight excluding hydrogens is 581 g/mol. The first kappa shape index (κ1) is 31.2. The highest BCUT2D eigenvalue weighted by atomic mass is 19.1. The van der Waals surface area contributed by atoms with E-state index in [1.165, 1.54) is 12.1 Å². The first-order valence-corrected chi connectivity index (χ1v) is 16.1. The molecule has 0 atom stereocenters. The van der Waals surface area contributed by atoms with Crippen LogP contribution in [-0.4, -0.2) is 70.9 Å². The molecule has 2 aliphatic heterocycles. The number of para-hydroxylation sites is 1. The number of piperidine rings is 1. The van der Waals surface area contributed by atoms with Crippen LogP contribution >= 0.6 is 0 Å². The van der Waals surface area contributed by atoms with Gasteiger partial charge in [0, 0.05) is 57.1 Å². The van der Waals surface area contributed by atoms with Gasteiger partial charge < -0.3 is 19.4 Å². The number of nitrogens with zero attached hydrogens (tertiary/aromatic N) is 5. The largest absolute Gasteiger partial charge is 0.492 e. The Morgan fingerprint density at radius 1 is 0.826 bits per heavy atom. The summed E-state index contributed by atoms with van der Waals surface area (Å²) in [7, 11) is 0. The molecule has 46 heavy (non-hydrogen) atoms. The highest BCUT2D eigenvalue weighted by molar-refractivity contribution is 5.97. The van der Waals surface area contributed by atoms with Crippen LogP contribution in [0, 0.1) is 11.2 Å². The predicted molar refractivity (Wildman–Crippen MR) is 175 cm³/mol. The molecule has 0 N–H and O–H groups in total. The molecule has 4 aromatic rings. The second kappa shape index (κ2) is 14.5. The maximum Gasteiger partial charge on any atom is 0.257 e. The fourth-order valence-corrected chi connectivity index (χ4v) is 6.49. The second-order valence-corrected chi connectivity index (χ2v) is 12.3. The van der Waals surface area contributed by atoms with Crippen molar-refractivity contribution >= 4 is 17.6 Å². The van der Waals surface area contributed by atoms with Gasteiger partial charge in [-0.15, -0.1) is 0 Å². The molecule has 238 valence electrons. The van der Waals surface area contributed by atoms with Gasteiger partial charge in [0.05, 0.1) is 24.8 Å². The number of aromatic nitrogens is 2. The Bertz CT molecular complexity index is 1590. The van der Waals surface area contributed by atoms with Gasteiger partial charge in [-0.2, -0.15) is 0 Å². The molecule has 2 amide bonds. The second-order valence-electron chi connectivity index (χ2n) is 12.3. The number of anilines is 1. The third-order valence-corrected chi connectivity index (χ3v) is 9.25. The van der Waals surface area contributed by atoms with Crippen LogP contribution < -0.4 is 9.64 Å². The van der Waals surface area contributed by atoms with Gasteiger partial charge in [-0.1, -0.05) is 54.6 Å². The first-order valence-electron chi connectivity index (χ1n) is 16.1. The van der Waals surface area contributed by atoms with Crippen molar-refractivity contribution in [3.05, 3.63) is 120 Å². The van der Waals surface area contributed by atoms with Gasteiger partial charge >= 0.3 is 0 Å². The van der Waals surface area contributed by atoms with Gasteiger partial charge in [-0.25, -0.2) is 9.37 Å². The van der Waals surface area contributed by atoms with Gasteiger partial charge in [0.25, 0.3) is 5.91 Å². The number of hydrogen-bond donors (Lipinski definition) is 0. The Morgan fingerprint density at radius 3 is 2.35 bits per heavy atom. The zero-order chi connectivity index (χ0) is 31.8. The minimum absolute atomic E-state index is 0.0512. The van der Waals surface area contributed by atoms with Crippen molar-refractivity contribution in [1.82, 2.24) is 19.8 Å². The minimum atomic E-state index is -0.306. The van der Waals surface area contributed by atoms with Gasteiger partial charge in [0.2, 0.25) is 5.91 Å². The van der Waals surface area contributed by atoms with Crippen molar-refractivity contribution < 1.29 is 18.7 Å². The van der Waals surface area contributed by atoms with E-state index in [0.29, 0.717) is 50.6 Å². The van der Waals surface area contributed by atoms with E-state index in [9.17, 15) is 14.0 Å². The number of benzene rings is 3. The number of fused-ring (bicyclic) bond motifs is 1. The van der Waals surface area contributed by atoms with Crippen molar-refractivity contribution in [1.29, 1.82) is 0 Å². The lowest BCUT2D eigenvalue weighted by Crippen LogP contribution is -2.46. The molecule has 9 heteroatoms. The van der Waals surface area contributed by atoms with E-state index < -0.39 is 0 Å². The number of halogens is 1. The van der Waals surface area contributed by atoms with Crippen molar-refractivity contribution in [3.63, 3.8) is 0 Å². The molecule has 1 fully saturated rings. The van der Waals surface area contributed by atoms with Gasteiger partial charge in [0.15, 0.2) is 0 Å². The number of hydrogen-bond acceptors (Lipinski definition) is 6. The van der Waals surface area contributed by atoms with E-state index in [1.807, 2.05) is 64.4 Å². The Kier molecular flexibility index (Phi) is 9.86. The summed E-state index contributed by atoms with van der Waals surface area (Å²) in [5.41, 5.74) is 2.26. The average molecular weight is 622 g/mol. The van der Waals surface area contributed by atoms with Crippen LogP contribution in [0.2, 0.25) is 0 Å². The van der Waals surface area contributed by atoms with Crippen LogP contribution in [0.5, 0.6) is 5.75 Å². The lowest BCUT2D eigenvalue weighted by molar-refractivity contribution is -0.133. The van der Waals surface area contributed by atoms with Crippen LogP contribution in [0.3, 0.4) is 0 Å². The van der Waals surface area contributed by atoms with Gasteiger partial charge in [0.1, 0.15) is 17.4 Å². The predicted octanol–water partition coefficient (Wildman–Crippen LogP) is 5.79. The van der Waals surface area contributed by atoms with E-state index in [2.05, 4.69) is 14.9 Å². The van der Waals surface area contributed by atoms with E-state index in [1.54, 1.807) is 30.7 Å². The standard InChI is InChI=1S/C37H40FN5O3/c38-31-13-11-29(12-14-31)25-35(44)42-21-16-37(17-22-42)15-6-20-41(34-26-39-18-19-40-34)23-24-43(27-30-7-2-1-3-8-30)36(45)32-9-4-5-10-33(32)46-28-37/h1-5,7-14,18-19,26H,6,15-17,20-25,27-28H2. The van der Waals surface area contributed by atoms with E-state index in [0.717, 1.165) is 49.2 Å². The van der Waals surface area contributed by atoms with E-state index >= 15 is 0 Å². The zero-order valence-electron chi connectivity index (χ0n) is 26.1. The van der Waals surface area contributed by atoms with Crippen LogP contribution in [-0.2, 0) is 17.8 Å². The van der Waals surface area contributed by atoms with Crippen LogP contribution in [0.25, 0.3) is 0 Å². The van der Waals surface area contributed by atoms with Gasteiger partial charge in [-0.05, 0) is 61.1 Å². The SMILES string of the molecule is O=C(Cc1ccc(F)cc1)N1CCC2(CCCN(c3cnccn3)CCN(Cc3ccccc3)C(=O)c3ccccc3OC2)CC1. The molecule has 0 aliphatic carbocycles. The smallest absolute Gasteiger partial charge is 0.257 e. The maximum absolute atomic E-state index is 14.2.